The van der Waals surface area contributed by atoms with Crippen molar-refractivity contribution in [1.29, 1.82) is 5.26 Å². The molecule has 0 atom stereocenters. The first-order valence-corrected chi connectivity index (χ1v) is 7.88. The van der Waals surface area contributed by atoms with Crippen LogP contribution in [-0.2, 0) is 19.6 Å². The maximum atomic E-state index is 12.7. The number of carbonyl (C=O) groups is 1. The van der Waals surface area contributed by atoms with Gasteiger partial charge in [-0.2, -0.15) is 9.57 Å². The van der Waals surface area contributed by atoms with E-state index in [0.29, 0.717) is 12.0 Å². The van der Waals surface area contributed by atoms with Gasteiger partial charge < -0.3 is 4.74 Å². The molecule has 0 aliphatic heterocycles. The molecule has 1 aromatic rings. The zero-order chi connectivity index (χ0) is 16.0. The molecule has 0 unspecified atom stereocenters. The maximum absolute atomic E-state index is 12.7. The monoisotopic (exact) mass is 310 g/mol. The smallest absolute Gasteiger partial charge is 0.321 e. The van der Waals surface area contributed by atoms with Crippen LogP contribution in [0.25, 0.3) is 0 Å². The highest BCUT2D eigenvalue weighted by atomic mass is 32.2. The minimum atomic E-state index is -3.85. The standard InChI is InChI=1S/C14H18N2O4S/c1-4-7-16(10-14(17)20-3)21(18,19)13-8-12(9-15)6-5-11(13)2/h5-6,8H,4,7,10H2,1-3H3. The Balaban J connectivity index is 3.29. The zero-order valence-electron chi connectivity index (χ0n) is 12.3. The second-order valence-corrected chi connectivity index (χ2v) is 6.41. The van der Waals surface area contributed by atoms with Crippen molar-refractivity contribution >= 4 is 16.0 Å². The van der Waals surface area contributed by atoms with Gasteiger partial charge in [-0.25, -0.2) is 8.42 Å². The van der Waals surface area contributed by atoms with E-state index in [1.54, 1.807) is 19.1 Å². The molecular weight excluding hydrogens is 292 g/mol. The number of carbonyl (C=O) groups excluding carboxylic acids is 1. The summed E-state index contributed by atoms with van der Waals surface area (Å²) in [5.41, 5.74) is 0.786. The number of ether oxygens (including phenoxy) is 1. The Morgan fingerprint density at radius 1 is 1.43 bits per heavy atom. The maximum Gasteiger partial charge on any atom is 0.321 e. The van der Waals surface area contributed by atoms with Crippen molar-refractivity contribution in [3.05, 3.63) is 29.3 Å². The van der Waals surface area contributed by atoms with E-state index < -0.39 is 16.0 Å². The number of hydrogen-bond acceptors (Lipinski definition) is 5. The molecule has 114 valence electrons. The van der Waals surface area contributed by atoms with E-state index in [9.17, 15) is 13.2 Å². The molecule has 1 rings (SSSR count). The average Bonchev–Trinajstić information content (AvgIpc) is 2.46. The van der Waals surface area contributed by atoms with Gasteiger partial charge in [-0.05, 0) is 31.0 Å². The number of sulfonamides is 1. The summed E-state index contributed by atoms with van der Waals surface area (Å²) in [6.07, 6.45) is 0.563. The van der Waals surface area contributed by atoms with Crippen LogP contribution in [0.1, 0.15) is 24.5 Å². The van der Waals surface area contributed by atoms with E-state index in [2.05, 4.69) is 4.74 Å². The molecule has 21 heavy (non-hydrogen) atoms. The number of nitriles is 1. The Hall–Kier alpha value is -1.91. The lowest BCUT2D eigenvalue weighted by molar-refractivity contribution is -0.140. The number of hydrogen-bond donors (Lipinski definition) is 0. The summed E-state index contributed by atoms with van der Waals surface area (Å²) >= 11 is 0. The summed E-state index contributed by atoms with van der Waals surface area (Å²) in [4.78, 5) is 11.4. The average molecular weight is 310 g/mol. The van der Waals surface area contributed by atoms with Crippen LogP contribution >= 0.6 is 0 Å². The topological polar surface area (TPSA) is 87.5 Å². The number of aryl methyl sites for hydroxylation is 1. The second kappa shape index (κ2) is 7.20. The highest BCUT2D eigenvalue weighted by Crippen LogP contribution is 2.21. The van der Waals surface area contributed by atoms with Gasteiger partial charge in [0.25, 0.3) is 0 Å². The molecule has 0 aliphatic carbocycles. The van der Waals surface area contributed by atoms with E-state index in [0.717, 1.165) is 4.31 Å². The summed E-state index contributed by atoms with van der Waals surface area (Å²) < 4.78 is 31.0. The highest BCUT2D eigenvalue weighted by molar-refractivity contribution is 7.89. The molecule has 1 aromatic carbocycles. The Bertz CT molecular complexity index is 662. The fourth-order valence-electron chi connectivity index (χ4n) is 1.83. The van der Waals surface area contributed by atoms with Gasteiger partial charge >= 0.3 is 5.97 Å². The molecular formula is C14H18N2O4S. The molecule has 6 nitrogen and oxygen atoms in total. The lowest BCUT2D eigenvalue weighted by Crippen LogP contribution is -2.37. The first-order valence-electron chi connectivity index (χ1n) is 6.44. The lowest BCUT2D eigenvalue weighted by Gasteiger charge is -2.21. The molecule has 0 saturated heterocycles. The predicted octanol–water partition coefficient (Wildman–Crippen LogP) is 1.44. The van der Waals surface area contributed by atoms with Gasteiger partial charge in [-0.3, -0.25) is 4.79 Å². The van der Waals surface area contributed by atoms with Crippen LogP contribution in [0.2, 0.25) is 0 Å². The van der Waals surface area contributed by atoms with Gasteiger partial charge in [-0.1, -0.05) is 13.0 Å². The third-order valence-corrected chi connectivity index (χ3v) is 4.93. The Morgan fingerprint density at radius 3 is 2.62 bits per heavy atom. The van der Waals surface area contributed by atoms with Crippen LogP contribution < -0.4 is 0 Å². The number of esters is 1. The van der Waals surface area contributed by atoms with Crippen molar-refractivity contribution in [3.8, 4) is 6.07 Å². The van der Waals surface area contributed by atoms with Crippen molar-refractivity contribution < 1.29 is 17.9 Å². The van der Waals surface area contributed by atoms with Crippen molar-refractivity contribution in [2.45, 2.75) is 25.2 Å². The lowest BCUT2D eigenvalue weighted by atomic mass is 10.2. The molecule has 0 radical (unpaired) electrons. The summed E-state index contributed by atoms with van der Waals surface area (Å²) in [6.45, 7) is 3.32. The number of methoxy groups -OCH3 is 1. The Morgan fingerprint density at radius 2 is 2.10 bits per heavy atom. The molecule has 0 aliphatic rings. The minimum Gasteiger partial charge on any atom is -0.468 e. The third-order valence-electron chi connectivity index (χ3n) is 2.94. The van der Waals surface area contributed by atoms with E-state index in [4.69, 9.17) is 5.26 Å². The second-order valence-electron chi connectivity index (χ2n) is 4.51. The summed E-state index contributed by atoms with van der Waals surface area (Å²) in [5.74, 6) is -0.624. The normalized spacial score (nSPS) is 11.2. The van der Waals surface area contributed by atoms with Crippen LogP contribution in [0.3, 0.4) is 0 Å². The van der Waals surface area contributed by atoms with E-state index in [1.165, 1.54) is 13.2 Å². The SMILES string of the molecule is CCCN(CC(=O)OC)S(=O)(=O)c1cc(C#N)ccc1C. The Kier molecular flexibility index (Phi) is 5.88. The first-order chi connectivity index (χ1) is 9.86. The minimum absolute atomic E-state index is 0.0407. The molecule has 0 bridgehead atoms. The van der Waals surface area contributed by atoms with E-state index in [-0.39, 0.29) is 23.5 Å². The van der Waals surface area contributed by atoms with Crippen molar-refractivity contribution in [2.75, 3.05) is 20.2 Å². The molecule has 0 aromatic heterocycles. The summed E-state index contributed by atoms with van der Waals surface area (Å²) in [5, 5.41) is 8.91. The van der Waals surface area contributed by atoms with Crippen molar-refractivity contribution in [3.63, 3.8) is 0 Å². The van der Waals surface area contributed by atoms with Crippen LogP contribution in [0.15, 0.2) is 23.1 Å². The molecule has 0 saturated carbocycles. The molecule has 0 fully saturated rings. The largest absolute Gasteiger partial charge is 0.468 e. The molecule has 7 heteroatoms. The number of nitrogens with zero attached hydrogens (tertiary/aromatic N) is 2. The van der Waals surface area contributed by atoms with Crippen LogP contribution in [0, 0.1) is 18.3 Å². The molecule has 0 N–H and O–H groups in total. The molecule has 0 amide bonds. The van der Waals surface area contributed by atoms with Gasteiger partial charge in [0.1, 0.15) is 6.54 Å². The third kappa shape index (κ3) is 4.03. The quantitative estimate of drug-likeness (QED) is 0.742. The van der Waals surface area contributed by atoms with E-state index in [1.807, 2.05) is 13.0 Å². The molecule has 0 spiro atoms. The van der Waals surface area contributed by atoms with Crippen LogP contribution in [0.5, 0.6) is 0 Å². The van der Waals surface area contributed by atoms with Crippen molar-refractivity contribution in [1.82, 2.24) is 4.31 Å². The van der Waals surface area contributed by atoms with Gasteiger partial charge in [0.2, 0.25) is 10.0 Å². The fraction of sp³-hybridized carbons (Fsp3) is 0.429. The Labute approximate surface area is 125 Å². The van der Waals surface area contributed by atoms with Gasteiger partial charge in [0.15, 0.2) is 0 Å². The van der Waals surface area contributed by atoms with Crippen LogP contribution in [0.4, 0.5) is 0 Å². The van der Waals surface area contributed by atoms with Gasteiger partial charge in [0, 0.05) is 6.54 Å². The summed E-state index contributed by atoms with van der Waals surface area (Å²) in [6, 6.07) is 6.37. The fourth-order valence-corrected chi connectivity index (χ4v) is 3.56. The van der Waals surface area contributed by atoms with Gasteiger partial charge in [-0.15, -0.1) is 0 Å². The first kappa shape index (κ1) is 17.1. The summed E-state index contributed by atoms with van der Waals surface area (Å²) in [7, 11) is -2.64. The van der Waals surface area contributed by atoms with Gasteiger partial charge in [0.05, 0.1) is 23.6 Å². The van der Waals surface area contributed by atoms with E-state index >= 15 is 0 Å². The van der Waals surface area contributed by atoms with Crippen LogP contribution in [-0.4, -0.2) is 38.9 Å². The number of benzene rings is 1. The van der Waals surface area contributed by atoms with Crippen molar-refractivity contribution in [2.24, 2.45) is 0 Å². The highest BCUT2D eigenvalue weighted by Gasteiger charge is 2.28. The molecule has 0 heterocycles. The number of rotatable bonds is 6. The predicted molar refractivity (Wildman–Crippen MR) is 77.0 cm³/mol. The zero-order valence-corrected chi connectivity index (χ0v) is 13.1.